The van der Waals surface area contributed by atoms with Gasteiger partial charge in [0.05, 0.1) is 0 Å². The molecule has 0 bridgehead atoms. The molecule has 0 spiro atoms. The van der Waals surface area contributed by atoms with E-state index >= 15 is 0 Å². The minimum atomic E-state index is -4.61. The van der Waals surface area contributed by atoms with Gasteiger partial charge in [0, 0.05) is 3.57 Å². The number of hydrogen-bond acceptors (Lipinski definition) is 1. The quantitative estimate of drug-likeness (QED) is 0.755. The third-order valence-corrected chi connectivity index (χ3v) is 2.64. The highest BCUT2D eigenvalue weighted by Crippen LogP contribution is 2.25. The summed E-state index contributed by atoms with van der Waals surface area (Å²) >= 11 is 1.99. The fourth-order valence-corrected chi connectivity index (χ4v) is 1.88. The minimum absolute atomic E-state index is 0.167. The summed E-state index contributed by atoms with van der Waals surface area (Å²) < 4.78 is 40.1. The first kappa shape index (κ1) is 11.6. The van der Waals surface area contributed by atoms with Gasteiger partial charge in [0.2, 0.25) is 0 Å². The Morgan fingerprint density at radius 1 is 1.36 bits per heavy atom. The lowest BCUT2D eigenvalue weighted by atomic mass is 10.2. The van der Waals surface area contributed by atoms with E-state index < -0.39 is 6.36 Å². The number of hydrogen-bond donors (Lipinski definition) is 0. The summed E-state index contributed by atoms with van der Waals surface area (Å²) in [5, 5.41) is 0. The van der Waals surface area contributed by atoms with Crippen molar-refractivity contribution in [2.24, 2.45) is 0 Å². The highest BCUT2D eigenvalue weighted by Gasteiger charge is 2.31. The summed E-state index contributed by atoms with van der Waals surface area (Å²) in [7, 11) is 0. The molecule has 0 saturated heterocycles. The molecule has 0 fully saturated rings. The highest BCUT2D eigenvalue weighted by molar-refractivity contribution is 14.1. The molecule has 1 nitrogen and oxygen atoms in total. The molecule has 0 radical (unpaired) electrons. The van der Waals surface area contributed by atoms with Crippen LogP contribution in [0.3, 0.4) is 0 Å². The van der Waals surface area contributed by atoms with Gasteiger partial charge >= 0.3 is 6.36 Å². The summed E-state index contributed by atoms with van der Waals surface area (Å²) in [5.41, 5.74) is 1.01. The zero-order valence-corrected chi connectivity index (χ0v) is 9.52. The van der Waals surface area contributed by atoms with Crippen LogP contribution in [0, 0.1) is 3.57 Å². The second-order valence-electron chi connectivity index (χ2n) is 2.65. The molecule has 0 aliphatic heterocycles. The fourth-order valence-electron chi connectivity index (χ4n) is 1.01. The molecule has 78 valence electrons. The van der Waals surface area contributed by atoms with Crippen molar-refractivity contribution in [3.05, 3.63) is 27.3 Å². The number of benzene rings is 1. The monoisotopic (exact) mass is 316 g/mol. The van der Waals surface area contributed by atoms with E-state index in [1.54, 1.807) is 6.07 Å². The minimum Gasteiger partial charge on any atom is -0.406 e. The van der Waals surface area contributed by atoms with Crippen LogP contribution in [-0.2, 0) is 6.42 Å². The molecule has 5 heteroatoms. The number of aryl methyl sites for hydroxylation is 1. The van der Waals surface area contributed by atoms with Crippen molar-refractivity contribution in [3.63, 3.8) is 0 Å². The Kier molecular flexibility index (Phi) is 3.63. The molecule has 0 saturated carbocycles. The number of ether oxygens (including phenoxy) is 1. The van der Waals surface area contributed by atoms with Crippen LogP contribution in [0.25, 0.3) is 0 Å². The second kappa shape index (κ2) is 4.37. The van der Waals surface area contributed by atoms with E-state index in [-0.39, 0.29) is 5.75 Å². The molecule has 1 aromatic rings. The van der Waals surface area contributed by atoms with Crippen LogP contribution in [0.4, 0.5) is 13.2 Å². The molecule has 1 aromatic carbocycles. The van der Waals surface area contributed by atoms with Crippen LogP contribution in [-0.4, -0.2) is 6.36 Å². The maximum atomic E-state index is 11.8. The molecule has 1 rings (SSSR count). The Labute approximate surface area is 93.4 Å². The van der Waals surface area contributed by atoms with Crippen molar-refractivity contribution in [1.29, 1.82) is 0 Å². The Morgan fingerprint density at radius 3 is 2.43 bits per heavy atom. The fraction of sp³-hybridized carbons (Fsp3) is 0.333. The lowest BCUT2D eigenvalue weighted by molar-refractivity contribution is -0.274. The van der Waals surface area contributed by atoms with Crippen molar-refractivity contribution in [2.45, 2.75) is 19.7 Å². The van der Waals surface area contributed by atoms with E-state index in [9.17, 15) is 13.2 Å². The average Bonchev–Trinajstić information content (AvgIpc) is 2.01. The van der Waals surface area contributed by atoms with Gasteiger partial charge < -0.3 is 4.74 Å². The first-order chi connectivity index (χ1) is 6.42. The van der Waals surface area contributed by atoms with Crippen LogP contribution in [0.1, 0.15) is 12.5 Å². The van der Waals surface area contributed by atoms with Gasteiger partial charge in [-0.3, -0.25) is 0 Å². The average molecular weight is 316 g/mol. The predicted molar refractivity (Wildman–Crippen MR) is 55.2 cm³/mol. The lowest BCUT2D eigenvalue weighted by Crippen LogP contribution is -2.17. The molecule has 0 aliphatic carbocycles. The number of alkyl halides is 3. The van der Waals surface area contributed by atoms with Gasteiger partial charge in [-0.1, -0.05) is 13.0 Å². The first-order valence-electron chi connectivity index (χ1n) is 3.96. The van der Waals surface area contributed by atoms with E-state index in [2.05, 4.69) is 4.74 Å². The third kappa shape index (κ3) is 3.36. The van der Waals surface area contributed by atoms with Crippen LogP contribution < -0.4 is 4.74 Å². The van der Waals surface area contributed by atoms with Gasteiger partial charge in [0.25, 0.3) is 0 Å². The van der Waals surface area contributed by atoms with Crippen LogP contribution in [0.5, 0.6) is 5.75 Å². The van der Waals surface area contributed by atoms with Crippen molar-refractivity contribution in [3.8, 4) is 5.75 Å². The summed E-state index contributed by atoms with van der Waals surface area (Å²) in [4.78, 5) is 0. The molecule has 0 unspecified atom stereocenters. The standard InChI is InChI=1S/C9H8F3IO/c1-2-6-3-4-7(5-8(6)13)14-9(10,11)12/h3-5H,2H2,1H3. The summed E-state index contributed by atoms with van der Waals surface area (Å²) in [5.74, 6) is -0.167. The maximum Gasteiger partial charge on any atom is 0.573 e. The molecule has 14 heavy (non-hydrogen) atoms. The van der Waals surface area contributed by atoms with Crippen molar-refractivity contribution >= 4 is 22.6 Å². The zero-order chi connectivity index (χ0) is 10.8. The third-order valence-electron chi connectivity index (χ3n) is 1.64. The van der Waals surface area contributed by atoms with E-state index in [0.717, 1.165) is 15.6 Å². The first-order valence-corrected chi connectivity index (χ1v) is 5.04. The topological polar surface area (TPSA) is 9.23 Å². The molecule has 0 N–H and O–H groups in total. The van der Waals surface area contributed by atoms with E-state index in [1.165, 1.54) is 12.1 Å². The Hall–Kier alpha value is -0.460. The highest BCUT2D eigenvalue weighted by atomic mass is 127. The smallest absolute Gasteiger partial charge is 0.406 e. The van der Waals surface area contributed by atoms with Crippen LogP contribution in [0.15, 0.2) is 18.2 Å². The number of rotatable bonds is 2. The van der Waals surface area contributed by atoms with Gasteiger partial charge in [-0.05, 0) is 46.7 Å². The van der Waals surface area contributed by atoms with Gasteiger partial charge in [-0.2, -0.15) is 0 Å². The number of halogens is 4. The summed E-state index contributed by atoms with van der Waals surface area (Å²) in [6.07, 6.45) is -3.82. The molecule has 0 aliphatic rings. The summed E-state index contributed by atoms with van der Waals surface area (Å²) in [6, 6.07) is 4.35. The molecule has 0 amide bonds. The van der Waals surface area contributed by atoms with E-state index in [4.69, 9.17) is 0 Å². The second-order valence-corrected chi connectivity index (χ2v) is 3.82. The van der Waals surface area contributed by atoms with E-state index in [0.29, 0.717) is 0 Å². The van der Waals surface area contributed by atoms with Gasteiger partial charge in [-0.15, -0.1) is 13.2 Å². The molecule has 0 heterocycles. The summed E-state index contributed by atoms with van der Waals surface area (Å²) in [6.45, 7) is 1.95. The predicted octanol–water partition coefficient (Wildman–Crippen LogP) is 3.75. The zero-order valence-electron chi connectivity index (χ0n) is 7.36. The Balaban J connectivity index is 2.87. The van der Waals surface area contributed by atoms with Crippen LogP contribution >= 0.6 is 22.6 Å². The Morgan fingerprint density at radius 2 is 2.00 bits per heavy atom. The van der Waals surface area contributed by atoms with Crippen molar-refractivity contribution in [2.75, 3.05) is 0 Å². The van der Waals surface area contributed by atoms with Gasteiger partial charge in [0.15, 0.2) is 0 Å². The van der Waals surface area contributed by atoms with E-state index in [1.807, 2.05) is 29.5 Å². The maximum absolute atomic E-state index is 11.8. The molecular weight excluding hydrogens is 308 g/mol. The van der Waals surface area contributed by atoms with Crippen molar-refractivity contribution < 1.29 is 17.9 Å². The van der Waals surface area contributed by atoms with Crippen LogP contribution in [0.2, 0.25) is 0 Å². The van der Waals surface area contributed by atoms with Gasteiger partial charge in [0.1, 0.15) is 5.75 Å². The molecule has 0 atom stereocenters. The Bertz CT molecular complexity index is 322. The van der Waals surface area contributed by atoms with Gasteiger partial charge in [-0.25, -0.2) is 0 Å². The SMILES string of the molecule is CCc1ccc(OC(F)(F)F)cc1I. The van der Waals surface area contributed by atoms with Crippen molar-refractivity contribution in [1.82, 2.24) is 0 Å². The lowest BCUT2D eigenvalue weighted by Gasteiger charge is -2.10. The molecule has 0 aromatic heterocycles. The molecular formula is C9H8F3IO. The largest absolute Gasteiger partial charge is 0.573 e. The normalized spacial score (nSPS) is 11.5.